The van der Waals surface area contributed by atoms with Gasteiger partial charge >= 0.3 is 10.8 Å². The van der Waals surface area contributed by atoms with Gasteiger partial charge in [0.15, 0.2) is 0 Å². The van der Waals surface area contributed by atoms with Crippen molar-refractivity contribution in [1.29, 1.82) is 0 Å². The van der Waals surface area contributed by atoms with Gasteiger partial charge in [-0.3, -0.25) is 24.1 Å². The molecule has 1 saturated heterocycles. The Hall–Kier alpha value is -2.59. The van der Waals surface area contributed by atoms with Crippen LogP contribution in [-0.2, 0) is 14.4 Å². The van der Waals surface area contributed by atoms with E-state index in [1.54, 1.807) is 11.8 Å². The summed E-state index contributed by atoms with van der Waals surface area (Å²) in [7, 11) is 0. The van der Waals surface area contributed by atoms with Gasteiger partial charge in [0.05, 0.1) is 16.9 Å². The number of amides is 2. The third-order valence-corrected chi connectivity index (χ3v) is 11.6. The Bertz CT molecular complexity index is 1300. The number of imide groups is 1. The quantitative estimate of drug-likeness (QED) is 0.491. The van der Waals surface area contributed by atoms with E-state index in [0.717, 1.165) is 35.0 Å². The first-order valence-corrected chi connectivity index (χ1v) is 14.8. The van der Waals surface area contributed by atoms with Crippen molar-refractivity contribution in [1.82, 2.24) is 9.88 Å². The van der Waals surface area contributed by atoms with Gasteiger partial charge in [0.25, 0.3) is 0 Å². The molecule has 2 aromatic rings. The van der Waals surface area contributed by atoms with Crippen LogP contribution in [0, 0.1) is 29.6 Å². The second kappa shape index (κ2) is 9.31. The number of aromatic amines is 1. The maximum Gasteiger partial charge on any atom is 0.305 e. The van der Waals surface area contributed by atoms with E-state index in [2.05, 4.69) is 48.0 Å². The van der Waals surface area contributed by atoms with Crippen LogP contribution in [0.15, 0.2) is 34.1 Å². The average Bonchev–Trinajstić information content (AvgIpc) is 3.60. The van der Waals surface area contributed by atoms with Gasteiger partial charge in [-0.25, -0.2) is 0 Å². The summed E-state index contributed by atoms with van der Waals surface area (Å²) in [5, 5.41) is 10.1. The first-order chi connectivity index (χ1) is 17.8. The number of carboxylic acid groups (broad SMARTS) is 1. The van der Waals surface area contributed by atoms with Crippen LogP contribution in [-0.4, -0.2) is 57.7 Å². The van der Waals surface area contributed by atoms with E-state index in [0.29, 0.717) is 0 Å². The molecule has 1 aromatic heterocycles. The van der Waals surface area contributed by atoms with E-state index in [4.69, 9.17) is 5.11 Å². The zero-order valence-electron chi connectivity index (χ0n) is 20.9. The summed E-state index contributed by atoms with van der Waals surface area (Å²) in [6.07, 6.45) is 1.08. The van der Waals surface area contributed by atoms with Crippen molar-refractivity contribution < 1.29 is 19.5 Å². The van der Waals surface area contributed by atoms with E-state index < -0.39 is 5.97 Å². The topological polar surface area (TPSA) is 111 Å². The highest BCUT2D eigenvalue weighted by Crippen LogP contribution is 2.68. The maximum absolute atomic E-state index is 13.5. The summed E-state index contributed by atoms with van der Waals surface area (Å²) in [6.45, 7) is 6.31. The number of thiazole rings is 1. The van der Waals surface area contributed by atoms with E-state index in [9.17, 15) is 19.2 Å². The second-order valence-electron chi connectivity index (χ2n) is 10.5. The number of carbonyl (C=O) groups is 3. The van der Waals surface area contributed by atoms with Crippen LogP contribution in [0.25, 0.3) is 0 Å². The Balaban J connectivity index is 1.35. The van der Waals surface area contributed by atoms with Gasteiger partial charge in [-0.05, 0) is 62.1 Å². The van der Waals surface area contributed by atoms with Crippen LogP contribution in [0.5, 0.6) is 0 Å². The smallest absolute Gasteiger partial charge is 0.305 e. The molecule has 6 rings (SSSR count). The molecule has 3 heterocycles. The molecule has 4 aliphatic rings. The molecule has 7 atom stereocenters. The fourth-order valence-corrected chi connectivity index (χ4v) is 10.4. The molecule has 2 amide bonds. The van der Waals surface area contributed by atoms with Crippen molar-refractivity contribution in [2.24, 2.45) is 29.6 Å². The molecule has 3 fully saturated rings. The number of rotatable bonds is 8. The van der Waals surface area contributed by atoms with Gasteiger partial charge in [0, 0.05) is 47.8 Å². The number of nitrogens with one attached hydrogen (secondary N) is 1. The summed E-state index contributed by atoms with van der Waals surface area (Å²) >= 11 is 2.96. The van der Waals surface area contributed by atoms with E-state index >= 15 is 0 Å². The second-order valence-corrected chi connectivity index (χ2v) is 12.8. The number of carboxylic acids is 1. The van der Waals surface area contributed by atoms with Crippen molar-refractivity contribution >= 4 is 46.6 Å². The highest BCUT2D eigenvalue weighted by molar-refractivity contribution is 8.00. The number of aliphatic carboxylic acids is 1. The highest BCUT2D eigenvalue weighted by Gasteiger charge is 2.69. The average molecular weight is 542 g/mol. The lowest BCUT2D eigenvalue weighted by atomic mass is 9.68. The van der Waals surface area contributed by atoms with Crippen molar-refractivity contribution in [2.45, 2.75) is 49.3 Å². The van der Waals surface area contributed by atoms with E-state index in [1.807, 2.05) is 0 Å². The summed E-state index contributed by atoms with van der Waals surface area (Å²) in [4.78, 5) is 58.0. The number of likely N-dealkylation sites (tertiary alicyclic amines) is 1. The maximum atomic E-state index is 13.5. The van der Waals surface area contributed by atoms with Crippen LogP contribution in [0.2, 0.25) is 0 Å². The number of fused-ring (bicyclic) bond motifs is 9. The molecule has 2 aliphatic carbocycles. The number of aromatic nitrogens is 1. The first kappa shape index (κ1) is 24.7. The van der Waals surface area contributed by atoms with Crippen LogP contribution in [0.1, 0.15) is 49.5 Å². The lowest BCUT2D eigenvalue weighted by molar-refractivity contribution is -0.142. The Morgan fingerprint density at radius 2 is 1.76 bits per heavy atom. The van der Waals surface area contributed by atoms with Gasteiger partial charge in [-0.1, -0.05) is 23.5 Å². The Morgan fingerprint density at radius 3 is 2.41 bits per heavy atom. The summed E-state index contributed by atoms with van der Waals surface area (Å²) in [5.41, 5.74) is 2.32. The number of nitrogens with zero attached hydrogens (tertiary/aromatic N) is 2. The van der Waals surface area contributed by atoms with Crippen LogP contribution in [0.4, 0.5) is 5.69 Å². The normalized spacial score (nSPS) is 31.4. The monoisotopic (exact) mass is 541 g/mol. The Kier molecular flexibility index (Phi) is 6.22. The molecule has 10 heteroatoms. The molecular weight excluding hydrogens is 510 g/mol. The van der Waals surface area contributed by atoms with Crippen LogP contribution < -0.4 is 9.77 Å². The van der Waals surface area contributed by atoms with Crippen molar-refractivity contribution in [3.05, 3.63) is 44.4 Å². The number of hydrogen-bond donors (Lipinski definition) is 2. The van der Waals surface area contributed by atoms with Gasteiger partial charge in [0.2, 0.25) is 11.8 Å². The lowest BCUT2D eigenvalue weighted by Gasteiger charge is -2.43. The Labute approximate surface area is 223 Å². The van der Waals surface area contributed by atoms with Crippen molar-refractivity contribution in [3.8, 4) is 0 Å². The van der Waals surface area contributed by atoms with Gasteiger partial charge < -0.3 is 15.0 Å². The van der Waals surface area contributed by atoms with Gasteiger partial charge in [-0.2, -0.15) is 0 Å². The number of benzene rings is 1. The number of carbonyl (C=O) groups excluding carboxylic acids is 2. The lowest BCUT2D eigenvalue weighted by Crippen LogP contribution is -2.42. The summed E-state index contributed by atoms with van der Waals surface area (Å²) in [5.74, 6) is -1.49. The van der Waals surface area contributed by atoms with E-state index in [1.165, 1.54) is 21.9 Å². The molecule has 2 bridgehead atoms. The predicted molar refractivity (Wildman–Crippen MR) is 142 cm³/mol. The standard InChI is InChI=1S/C27H31N3O5S2/c1-3-29(4-2)14-9-7-13(8-10-14)18-19-15-12-16(22(19)36-24-23(18)37-27(35)28-24)21-20(15)25(33)30(26(21)34)11-5-6-17(31)32/h7-10,15-16,18-22H,3-6,11-12H2,1-2H3,(H,28,35)(H,31,32)/t15-,16+,18+,19-,20+,21-,22-/m1/s1. The van der Waals surface area contributed by atoms with Crippen LogP contribution in [0.3, 0.4) is 0 Å². The molecule has 0 unspecified atom stereocenters. The van der Waals surface area contributed by atoms with Gasteiger partial charge in [0.1, 0.15) is 0 Å². The molecule has 8 nitrogen and oxygen atoms in total. The molecule has 1 aromatic carbocycles. The third kappa shape index (κ3) is 3.78. The molecule has 0 spiro atoms. The zero-order chi connectivity index (χ0) is 26.0. The third-order valence-electron chi connectivity index (χ3n) is 8.97. The molecule has 2 saturated carbocycles. The largest absolute Gasteiger partial charge is 0.481 e. The number of H-pyrrole nitrogens is 1. The highest BCUT2D eigenvalue weighted by atomic mass is 32.2. The van der Waals surface area contributed by atoms with Gasteiger partial charge in [-0.15, -0.1) is 11.8 Å². The SMILES string of the molecule is CCN(CC)c1ccc([C@@H]2c3sc(=O)[nH]c3S[C@@H]3[C@H]4C[C@@H]([C@@H]5C(=O)N(CCCC(=O)O)C(=O)[C@H]45)[C@H]23)cc1. The minimum Gasteiger partial charge on any atom is -0.481 e. The summed E-state index contributed by atoms with van der Waals surface area (Å²) < 4.78 is 0. The van der Waals surface area contributed by atoms with Crippen LogP contribution >= 0.6 is 23.1 Å². The first-order valence-electron chi connectivity index (χ1n) is 13.2. The van der Waals surface area contributed by atoms with Crippen molar-refractivity contribution in [2.75, 3.05) is 24.5 Å². The fraction of sp³-hybridized carbons (Fsp3) is 0.556. The zero-order valence-corrected chi connectivity index (χ0v) is 22.5. The molecular formula is C27H31N3O5S2. The van der Waals surface area contributed by atoms with Crippen molar-refractivity contribution in [3.63, 3.8) is 0 Å². The molecule has 196 valence electrons. The molecule has 0 radical (unpaired) electrons. The molecule has 37 heavy (non-hydrogen) atoms. The Morgan fingerprint density at radius 1 is 1.08 bits per heavy atom. The predicted octanol–water partition coefficient (Wildman–Crippen LogP) is 3.62. The number of anilines is 1. The number of thioether (sulfide) groups is 1. The fourth-order valence-electron chi connectivity index (χ4n) is 7.54. The number of hydrogen-bond acceptors (Lipinski definition) is 7. The molecule has 2 N–H and O–H groups in total. The molecule has 2 aliphatic heterocycles. The summed E-state index contributed by atoms with van der Waals surface area (Å²) in [6, 6.07) is 8.64. The van der Waals surface area contributed by atoms with E-state index in [-0.39, 0.29) is 76.8 Å². The minimum absolute atomic E-state index is 0.0101. The minimum atomic E-state index is -0.920.